The van der Waals surface area contributed by atoms with E-state index in [4.69, 9.17) is 9.83 Å². The molecule has 2 aliphatic heterocycles. The summed E-state index contributed by atoms with van der Waals surface area (Å²) < 4.78 is 5.85. The average molecular weight is 412 g/mol. The van der Waals surface area contributed by atoms with Crippen LogP contribution in [-0.2, 0) is 4.79 Å². The molecule has 0 aliphatic carbocycles. The monoisotopic (exact) mass is 412 g/mol. The fraction of sp³-hybridized carbons (Fsp3) is 0.0435. The number of aryl methyl sites for hydroxylation is 1. The summed E-state index contributed by atoms with van der Waals surface area (Å²) in [6, 6.07) is 21.2. The van der Waals surface area contributed by atoms with Crippen molar-refractivity contribution in [3.05, 3.63) is 89.2 Å². The van der Waals surface area contributed by atoms with Crippen molar-refractivity contribution >= 4 is 39.8 Å². The SMILES string of the molecule is Cc1ccccc1C1=NN2C(=N)C(=Cc3ccc(-c4ccccc4)o3)C(=O)N=C2S1. The second-order valence-corrected chi connectivity index (χ2v) is 7.76. The largest absolute Gasteiger partial charge is 0.457 e. The van der Waals surface area contributed by atoms with Crippen LogP contribution < -0.4 is 0 Å². The minimum Gasteiger partial charge on any atom is -0.457 e. The molecular formula is C23H16N4O2S. The summed E-state index contributed by atoms with van der Waals surface area (Å²) in [5, 5.41) is 15.6. The van der Waals surface area contributed by atoms with Crippen LogP contribution in [0.25, 0.3) is 17.4 Å². The van der Waals surface area contributed by atoms with Gasteiger partial charge in [0.25, 0.3) is 5.91 Å². The molecule has 3 aromatic rings. The molecule has 6 nitrogen and oxygen atoms in total. The van der Waals surface area contributed by atoms with E-state index in [1.807, 2.05) is 67.6 Å². The first-order valence-electron chi connectivity index (χ1n) is 9.31. The molecule has 1 aromatic heterocycles. The van der Waals surface area contributed by atoms with Gasteiger partial charge in [-0.25, -0.2) is 0 Å². The number of hydrazone groups is 1. The van der Waals surface area contributed by atoms with Crippen LogP contribution >= 0.6 is 11.8 Å². The van der Waals surface area contributed by atoms with E-state index >= 15 is 0 Å². The molecule has 7 heteroatoms. The molecule has 0 spiro atoms. The van der Waals surface area contributed by atoms with Gasteiger partial charge in [0.15, 0.2) is 5.84 Å². The molecule has 5 rings (SSSR count). The van der Waals surface area contributed by atoms with Crippen molar-refractivity contribution in [3.8, 4) is 11.3 Å². The first kappa shape index (κ1) is 18.3. The van der Waals surface area contributed by atoms with Crippen molar-refractivity contribution < 1.29 is 9.21 Å². The lowest BCUT2D eigenvalue weighted by Crippen LogP contribution is -2.35. The van der Waals surface area contributed by atoms with Crippen LogP contribution in [0.3, 0.4) is 0 Å². The molecule has 1 amide bonds. The predicted octanol–water partition coefficient (Wildman–Crippen LogP) is 4.92. The number of nitrogens with one attached hydrogen (secondary N) is 1. The van der Waals surface area contributed by atoms with E-state index in [0.717, 1.165) is 21.7 Å². The van der Waals surface area contributed by atoms with Gasteiger partial charge in [0.05, 0.1) is 5.57 Å². The summed E-state index contributed by atoms with van der Waals surface area (Å²) in [6.07, 6.45) is 1.54. The van der Waals surface area contributed by atoms with Gasteiger partial charge in [-0.3, -0.25) is 10.2 Å². The van der Waals surface area contributed by atoms with E-state index in [1.54, 1.807) is 12.1 Å². The Morgan fingerprint density at radius 1 is 1.03 bits per heavy atom. The van der Waals surface area contributed by atoms with Gasteiger partial charge in [-0.05, 0) is 42.5 Å². The van der Waals surface area contributed by atoms with Crippen LogP contribution in [0.2, 0.25) is 0 Å². The molecule has 146 valence electrons. The summed E-state index contributed by atoms with van der Waals surface area (Å²) in [7, 11) is 0. The Balaban J connectivity index is 1.46. The van der Waals surface area contributed by atoms with Crippen molar-refractivity contribution in [1.82, 2.24) is 5.01 Å². The Morgan fingerprint density at radius 3 is 2.60 bits per heavy atom. The number of carbonyl (C=O) groups excluding carboxylic acids is 1. The number of hydrogen-bond acceptors (Lipinski definition) is 5. The second-order valence-electron chi connectivity index (χ2n) is 6.81. The predicted molar refractivity (Wildman–Crippen MR) is 119 cm³/mol. The van der Waals surface area contributed by atoms with E-state index in [9.17, 15) is 4.79 Å². The summed E-state index contributed by atoms with van der Waals surface area (Å²) in [5.41, 5.74) is 3.12. The number of carbonyl (C=O) groups is 1. The van der Waals surface area contributed by atoms with Gasteiger partial charge in [-0.15, -0.1) is 0 Å². The van der Waals surface area contributed by atoms with Crippen LogP contribution in [0, 0.1) is 12.3 Å². The Kier molecular flexibility index (Phi) is 4.44. The summed E-state index contributed by atoms with van der Waals surface area (Å²) in [6.45, 7) is 2.00. The quantitative estimate of drug-likeness (QED) is 0.619. The molecule has 2 aliphatic rings. The van der Waals surface area contributed by atoms with Crippen LogP contribution in [-0.4, -0.2) is 27.0 Å². The molecule has 0 fully saturated rings. The minimum atomic E-state index is -0.474. The smallest absolute Gasteiger partial charge is 0.283 e. The first-order chi connectivity index (χ1) is 14.6. The number of furan rings is 1. The normalized spacial score (nSPS) is 17.2. The molecule has 0 saturated heterocycles. The first-order valence-corrected chi connectivity index (χ1v) is 10.1. The number of fused-ring (bicyclic) bond motifs is 1. The zero-order valence-corrected chi connectivity index (χ0v) is 16.8. The van der Waals surface area contributed by atoms with Gasteiger partial charge in [-0.2, -0.15) is 15.1 Å². The highest BCUT2D eigenvalue weighted by Gasteiger charge is 2.36. The number of aliphatic imine (C=N–C) groups is 1. The van der Waals surface area contributed by atoms with Gasteiger partial charge in [0, 0.05) is 11.1 Å². The fourth-order valence-electron chi connectivity index (χ4n) is 3.24. The van der Waals surface area contributed by atoms with Gasteiger partial charge in [0.1, 0.15) is 16.6 Å². The minimum absolute atomic E-state index is 0.0151. The fourth-order valence-corrected chi connectivity index (χ4v) is 4.23. The zero-order valence-electron chi connectivity index (χ0n) is 16.0. The molecule has 3 heterocycles. The Hall–Kier alpha value is -3.71. The highest BCUT2D eigenvalue weighted by atomic mass is 32.2. The topological polar surface area (TPSA) is 82.0 Å². The lowest BCUT2D eigenvalue weighted by Gasteiger charge is -2.19. The average Bonchev–Trinajstić information content (AvgIpc) is 3.39. The standard InChI is InChI=1S/C23H16N4O2S/c1-14-7-5-6-10-17(14)22-26-27-20(24)18(21(28)25-23(27)30-22)13-16-11-12-19(29-16)15-8-3-2-4-9-15/h2-13,24H,1H3. The number of amides is 1. The number of hydrogen-bond donors (Lipinski definition) is 1. The van der Waals surface area contributed by atoms with Crippen molar-refractivity contribution in [1.29, 1.82) is 5.41 Å². The van der Waals surface area contributed by atoms with Crippen LogP contribution in [0.5, 0.6) is 0 Å². The Bertz CT molecular complexity index is 1270. The van der Waals surface area contributed by atoms with Crippen molar-refractivity contribution in [3.63, 3.8) is 0 Å². The third-order valence-electron chi connectivity index (χ3n) is 4.80. The number of benzene rings is 2. The van der Waals surface area contributed by atoms with Crippen LogP contribution in [0.1, 0.15) is 16.9 Å². The third-order valence-corrected chi connectivity index (χ3v) is 5.74. The van der Waals surface area contributed by atoms with E-state index in [2.05, 4.69) is 10.1 Å². The van der Waals surface area contributed by atoms with E-state index in [-0.39, 0.29) is 11.4 Å². The van der Waals surface area contributed by atoms with Gasteiger partial charge >= 0.3 is 0 Å². The highest BCUT2D eigenvalue weighted by Crippen LogP contribution is 2.32. The summed E-state index contributed by atoms with van der Waals surface area (Å²) >= 11 is 1.29. The second kappa shape index (κ2) is 7.27. The number of rotatable bonds is 3. The lowest BCUT2D eigenvalue weighted by molar-refractivity contribution is -0.114. The maximum Gasteiger partial charge on any atom is 0.283 e. The van der Waals surface area contributed by atoms with E-state index in [1.165, 1.54) is 16.8 Å². The van der Waals surface area contributed by atoms with E-state index in [0.29, 0.717) is 16.7 Å². The Labute approximate surface area is 177 Å². The lowest BCUT2D eigenvalue weighted by atomic mass is 10.1. The molecule has 30 heavy (non-hydrogen) atoms. The van der Waals surface area contributed by atoms with Crippen molar-refractivity contribution in [2.45, 2.75) is 6.92 Å². The molecule has 0 atom stereocenters. The molecular weight excluding hydrogens is 396 g/mol. The molecule has 0 saturated carbocycles. The van der Waals surface area contributed by atoms with Gasteiger partial charge < -0.3 is 4.42 Å². The number of nitrogens with zero attached hydrogens (tertiary/aromatic N) is 3. The van der Waals surface area contributed by atoms with Crippen LogP contribution in [0.4, 0.5) is 0 Å². The molecule has 0 radical (unpaired) electrons. The number of amidine groups is 2. The van der Waals surface area contributed by atoms with E-state index < -0.39 is 5.91 Å². The third kappa shape index (κ3) is 3.19. The van der Waals surface area contributed by atoms with Gasteiger partial charge in [-0.1, -0.05) is 54.6 Å². The maximum absolute atomic E-state index is 12.6. The highest BCUT2D eigenvalue weighted by molar-refractivity contribution is 8.27. The molecule has 1 N–H and O–H groups in total. The summed E-state index contributed by atoms with van der Waals surface area (Å²) in [4.78, 5) is 16.8. The van der Waals surface area contributed by atoms with Crippen molar-refractivity contribution in [2.75, 3.05) is 0 Å². The number of thioether (sulfide) groups is 1. The molecule has 0 unspecified atom stereocenters. The van der Waals surface area contributed by atoms with Gasteiger partial charge in [0.2, 0.25) is 5.17 Å². The zero-order chi connectivity index (χ0) is 20.7. The van der Waals surface area contributed by atoms with Crippen LogP contribution in [0.15, 0.2) is 86.8 Å². The summed E-state index contributed by atoms with van der Waals surface area (Å²) in [5.74, 6) is 0.685. The molecule has 2 aromatic carbocycles. The maximum atomic E-state index is 12.6. The Morgan fingerprint density at radius 2 is 1.80 bits per heavy atom. The molecule has 0 bridgehead atoms. The van der Waals surface area contributed by atoms with Crippen molar-refractivity contribution in [2.24, 2.45) is 10.1 Å².